The molecule has 2 heterocycles. The summed E-state index contributed by atoms with van der Waals surface area (Å²) in [5.74, 6) is -0.614. The summed E-state index contributed by atoms with van der Waals surface area (Å²) >= 11 is 5.90. The van der Waals surface area contributed by atoms with Crippen molar-refractivity contribution in [3.05, 3.63) is 29.0 Å². The molecule has 0 aromatic heterocycles. The zero-order valence-corrected chi connectivity index (χ0v) is 13.0. The zero-order chi connectivity index (χ0) is 15.0. The molecule has 2 aliphatic heterocycles. The number of fused-ring (bicyclic) bond motifs is 1. The molecular formula is C14H17ClFNO3S. The van der Waals surface area contributed by atoms with E-state index < -0.39 is 20.7 Å². The molecule has 2 atom stereocenters. The van der Waals surface area contributed by atoms with Crippen molar-refractivity contribution in [2.75, 3.05) is 19.7 Å². The van der Waals surface area contributed by atoms with Crippen molar-refractivity contribution in [3.8, 4) is 0 Å². The fraction of sp³-hybridized carbons (Fsp3) is 0.571. The van der Waals surface area contributed by atoms with E-state index in [0.717, 1.165) is 25.5 Å². The van der Waals surface area contributed by atoms with Crippen LogP contribution in [0.5, 0.6) is 0 Å². The molecule has 0 N–H and O–H groups in total. The van der Waals surface area contributed by atoms with Gasteiger partial charge < -0.3 is 4.74 Å². The highest BCUT2D eigenvalue weighted by Gasteiger charge is 2.38. The van der Waals surface area contributed by atoms with Crippen molar-refractivity contribution in [3.63, 3.8) is 0 Å². The van der Waals surface area contributed by atoms with Crippen molar-refractivity contribution in [2.45, 2.75) is 30.3 Å². The molecule has 4 nitrogen and oxygen atoms in total. The summed E-state index contributed by atoms with van der Waals surface area (Å²) < 4.78 is 46.3. The van der Waals surface area contributed by atoms with Crippen molar-refractivity contribution in [1.29, 1.82) is 0 Å². The van der Waals surface area contributed by atoms with Gasteiger partial charge in [0.2, 0.25) is 10.0 Å². The predicted molar refractivity (Wildman–Crippen MR) is 77.2 cm³/mol. The van der Waals surface area contributed by atoms with Gasteiger partial charge in [-0.15, -0.1) is 0 Å². The van der Waals surface area contributed by atoms with Gasteiger partial charge in [-0.3, -0.25) is 0 Å². The Balaban J connectivity index is 1.89. The number of sulfonamides is 1. The largest absolute Gasteiger partial charge is 0.378 e. The highest BCUT2D eigenvalue weighted by molar-refractivity contribution is 7.89. The van der Waals surface area contributed by atoms with E-state index in [9.17, 15) is 12.8 Å². The smallest absolute Gasteiger partial charge is 0.247 e. The van der Waals surface area contributed by atoms with Gasteiger partial charge in [-0.25, -0.2) is 12.8 Å². The monoisotopic (exact) mass is 333 g/mol. The number of piperidine rings is 1. The molecule has 1 aromatic rings. The summed E-state index contributed by atoms with van der Waals surface area (Å²) in [6.07, 6.45) is 2.66. The van der Waals surface area contributed by atoms with E-state index >= 15 is 0 Å². The SMILES string of the molecule is O=S(=O)(c1c(F)cccc1Cl)N1CC[C@H]2OCCC[C@H]2C1. The van der Waals surface area contributed by atoms with Crippen LogP contribution < -0.4 is 0 Å². The predicted octanol–water partition coefficient (Wildman–Crippen LogP) is 2.67. The maximum absolute atomic E-state index is 13.9. The molecule has 7 heteroatoms. The number of hydrogen-bond donors (Lipinski definition) is 0. The molecular weight excluding hydrogens is 317 g/mol. The van der Waals surface area contributed by atoms with Crippen molar-refractivity contribution >= 4 is 21.6 Å². The maximum atomic E-state index is 13.9. The van der Waals surface area contributed by atoms with E-state index in [2.05, 4.69) is 0 Å². The lowest BCUT2D eigenvalue weighted by Crippen LogP contribution is -2.48. The highest BCUT2D eigenvalue weighted by Crippen LogP contribution is 2.33. The Hall–Kier alpha value is -0.690. The van der Waals surface area contributed by atoms with Crippen LogP contribution >= 0.6 is 11.6 Å². The average Bonchev–Trinajstić information content (AvgIpc) is 2.46. The lowest BCUT2D eigenvalue weighted by Gasteiger charge is -2.40. The number of ether oxygens (including phenoxy) is 1. The summed E-state index contributed by atoms with van der Waals surface area (Å²) in [4.78, 5) is -0.415. The van der Waals surface area contributed by atoms with Gasteiger partial charge in [0.05, 0.1) is 11.1 Å². The van der Waals surface area contributed by atoms with Gasteiger partial charge >= 0.3 is 0 Å². The average molecular weight is 334 g/mol. The van der Waals surface area contributed by atoms with Crippen LogP contribution in [-0.2, 0) is 14.8 Å². The fourth-order valence-electron chi connectivity index (χ4n) is 3.13. The Bertz CT molecular complexity index is 617. The molecule has 1 aromatic carbocycles. The molecule has 0 saturated carbocycles. The lowest BCUT2D eigenvalue weighted by atomic mass is 9.90. The van der Waals surface area contributed by atoms with Crippen LogP contribution in [0.1, 0.15) is 19.3 Å². The Kier molecular flexibility index (Phi) is 4.23. The van der Waals surface area contributed by atoms with Crippen molar-refractivity contribution in [1.82, 2.24) is 4.31 Å². The fourth-order valence-corrected chi connectivity index (χ4v) is 5.21. The summed E-state index contributed by atoms with van der Waals surface area (Å²) in [5.41, 5.74) is 0. The van der Waals surface area contributed by atoms with Gasteiger partial charge in [-0.1, -0.05) is 17.7 Å². The van der Waals surface area contributed by atoms with Crippen LogP contribution in [0.25, 0.3) is 0 Å². The summed E-state index contributed by atoms with van der Waals surface area (Å²) in [6, 6.07) is 3.92. The third-order valence-electron chi connectivity index (χ3n) is 4.19. The van der Waals surface area contributed by atoms with Crippen LogP contribution in [0.2, 0.25) is 5.02 Å². The number of benzene rings is 1. The molecule has 0 amide bonds. The minimum absolute atomic E-state index is 0.0722. The Morgan fingerprint density at radius 3 is 2.90 bits per heavy atom. The van der Waals surface area contributed by atoms with Gasteiger partial charge in [0.15, 0.2) is 0 Å². The normalized spacial score (nSPS) is 27.3. The van der Waals surface area contributed by atoms with Gasteiger partial charge in [0.25, 0.3) is 0 Å². The Morgan fingerprint density at radius 2 is 2.14 bits per heavy atom. The maximum Gasteiger partial charge on any atom is 0.247 e. The first-order valence-corrected chi connectivity index (χ1v) is 8.87. The summed E-state index contributed by atoms with van der Waals surface area (Å²) in [7, 11) is -3.90. The first-order chi connectivity index (χ1) is 10.00. The first-order valence-electron chi connectivity index (χ1n) is 7.06. The third kappa shape index (κ3) is 2.82. The van der Waals surface area contributed by atoms with Gasteiger partial charge in [-0.05, 0) is 37.3 Å². The molecule has 0 unspecified atom stereocenters. The molecule has 2 fully saturated rings. The van der Waals surface area contributed by atoms with E-state index in [4.69, 9.17) is 16.3 Å². The second kappa shape index (κ2) is 5.83. The van der Waals surface area contributed by atoms with Crippen LogP contribution in [0.4, 0.5) is 4.39 Å². The number of halogens is 2. The molecule has 3 rings (SSSR count). The van der Waals surface area contributed by atoms with Crippen molar-refractivity contribution < 1.29 is 17.5 Å². The van der Waals surface area contributed by atoms with Gasteiger partial charge in [0.1, 0.15) is 10.7 Å². The van der Waals surface area contributed by atoms with Gasteiger partial charge in [-0.2, -0.15) is 4.31 Å². The molecule has 0 aliphatic carbocycles. The third-order valence-corrected chi connectivity index (χ3v) is 6.56. The quantitative estimate of drug-likeness (QED) is 0.836. The number of rotatable bonds is 2. The molecule has 21 heavy (non-hydrogen) atoms. The Labute approximate surface area is 128 Å². The standard InChI is InChI=1S/C14H17ClFNO3S/c15-11-4-1-5-12(16)14(11)21(18,19)17-7-6-13-10(9-17)3-2-8-20-13/h1,4-5,10,13H,2-3,6-9H2/t10-,13+/m0/s1. The lowest BCUT2D eigenvalue weighted by molar-refractivity contribution is -0.0534. The van der Waals surface area contributed by atoms with E-state index in [1.54, 1.807) is 0 Å². The van der Waals surface area contributed by atoms with E-state index in [1.807, 2.05) is 0 Å². The first kappa shape index (κ1) is 15.2. The molecule has 2 saturated heterocycles. The minimum Gasteiger partial charge on any atom is -0.378 e. The van der Waals surface area contributed by atoms with Crippen LogP contribution in [0.3, 0.4) is 0 Å². The summed E-state index contributed by atoms with van der Waals surface area (Å²) in [6.45, 7) is 1.46. The molecule has 2 aliphatic rings. The Morgan fingerprint density at radius 1 is 1.33 bits per heavy atom. The molecule has 0 radical (unpaired) electrons. The summed E-state index contributed by atoms with van der Waals surface area (Å²) in [5, 5.41) is -0.0722. The topological polar surface area (TPSA) is 46.6 Å². The number of hydrogen-bond acceptors (Lipinski definition) is 3. The van der Waals surface area contributed by atoms with Crippen LogP contribution in [0.15, 0.2) is 23.1 Å². The second-order valence-corrected chi connectivity index (χ2v) is 7.80. The van der Waals surface area contributed by atoms with Crippen LogP contribution in [-0.4, -0.2) is 38.5 Å². The second-order valence-electron chi connectivity index (χ2n) is 5.51. The molecule has 0 spiro atoms. The molecule has 0 bridgehead atoms. The number of nitrogens with zero attached hydrogens (tertiary/aromatic N) is 1. The van der Waals surface area contributed by atoms with E-state index in [0.29, 0.717) is 19.5 Å². The van der Waals surface area contributed by atoms with Crippen molar-refractivity contribution in [2.24, 2.45) is 5.92 Å². The van der Waals surface area contributed by atoms with Gasteiger partial charge in [0, 0.05) is 19.7 Å². The minimum atomic E-state index is -3.90. The zero-order valence-electron chi connectivity index (χ0n) is 11.5. The van der Waals surface area contributed by atoms with Crippen LogP contribution in [0, 0.1) is 11.7 Å². The van der Waals surface area contributed by atoms with E-state index in [1.165, 1.54) is 16.4 Å². The molecule has 116 valence electrons. The van der Waals surface area contributed by atoms with E-state index in [-0.39, 0.29) is 17.0 Å². The highest BCUT2D eigenvalue weighted by atomic mass is 35.5.